The number of hydrogen-bond donors (Lipinski definition) is 2. The Balaban J connectivity index is 1.10. The highest BCUT2D eigenvalue weighted by atomic mass is 16.5. The molecule has 44 heavy (non-hydrogen) atoms. The molecule has 0 spiro atoms. The first-order chi connectivity index (χ1) is 21.5. The zero-order valence-electron chi connectivity index (χ0n) is 24.1. The summed E-state index contributed by atoms with van der Waals surface area (Å²) in [7, 11) is 0. The number of ether oxygens (including phenoxy) is 3. The second kappa shape index (κ2) is 15.1. The highest BCUT2D eigenvalue weighted by molar-refractivity contribution is 5.96. The van der Waals surface area contributed by atoms with Gasteiger partial charge in [0.1, 0.15) is 43.1 Å². The molecule has 222 valence electrons. The van der Waals surface area contributed by atoms with E-state index in [-0.39, 0.29) is 6.42 Å². The number of carbonyl (C=O) groups is 2. The minimum atomic E-state index is -1.11. The van der Waals surface area contributed by atoms with Gasteiger partial charge >= 0.3 is 5.97 Å². The summed E-state index contributed by atoms with van der Waals surface area (Å²) in [5, 5.41) is 12.4. The predicted molar refractivity (Wildman–Crippen MR) is 168 cm³/mol. The van der Waals surface area contributed by atoms with E-state index in [1.807, 2.05) is 84.9 Å². The van der Waals surface area contributed by atoms with E-state index in [0.29, 0.717) is 36.9 Å². The van der Waals surface area contributed by atoms with Crippen LogP contribution < -0.4 is 19.5 Å². The number of rotatable bonds is 14. The van der Waals surface area contributed by atoms with Crippen LogP contribution in [0.3, 0.4) is 0 Å². The van der Waals surface area contributed by atoms with Crippen molar-refractivity contribution in [3.8, 4) is 17.2 Å². The van der Waals surface area contributed by atoms with Crippen LogP contribution in [-0.4, -0.2) is 23.0 Å². The first-order valence-electron chi connectivity index (χ1n) is 14.3. The highest BCUT2D eigenvalue weighted by Crippen LogP contribution is 2.19. The van der Waals surface area contributed by atoms with Crippen LogP contribution in [0.1, 0.15) is 32.6 Å². The monoisotopic (exact) mass is 587 g/mol. The number of benzene rings is 5. The van der Waals surface area contributed by atoms with Crippen LogP contribution in [0.15, 0.2) is 133 Å². The standard InChI is InChI=1S/C37H33NO6/c39-36(38-35(37(40)41)23-27-14-18-32(19-15-27)42-24-28-8-3-1-4-9-28)31-16-20-33(21-17-31)43-26-30-12-7-13-34(22-30)44-25-29-10-5-2-6-11-29/h1-22,35H,23-26H2,(H,38,39)(H,40,41)/t35-/m0/s1. The first-order valence-corrected chi connectivity index (χ1v) is 14.3. The minimum absolute atomic E-state index is 0.134. The third-order valence-electron chi connectivity index (χ3n) is 6.88. The molecule has 0 unspecified atom stereocenters. The van der Waals surface area contributed by atoms with Gasteiger partial charge in [0.05, 0.1) is 0 Å². The summed E-state index contributed by atoms with van der Waals surface area (Å²) in [6.45, 7) is 1.24. The fourth-order valence-electron chi connectivity index (χ4n) is 4.48. The maximum atomic E-state index is 12.9. The number of carbonyl (C=O) groups excluding carboxylic acids is 1. The van der Waals surface area contributed by atoms with Crippen LogP contribution >= 0.6 is 0 Å². The molecule has 0 aliphatic heterocycles. The fraction of sp³-hybridized carbons (Fsp3) is 0.135. The molecule has 0 bridgehead atoms. The number of carboxylic acids is 1. The van der Waals surface area contributed by atoms with Gasteiger partial charge in [0.25, 0.3) is 5.91 Å². The number of hydrogen-bond acceptors (Lipinski definition) is 5. The van der Waals surface area contributed by atoms with Crippen molar-refractivity contribution in [2.45, 2.75) is 32.3 Å². The summed E-state index contributed by atoms with van der Waals surface area (Å²) >= 11 is 0. The number of amides is 1. The van der Waals surface area contributed by atoms with Crippen molar-refractivity contribution in [3.63, 3.8) is 0 Å². The Morgan fingerprint density at radius 1 is 0.545 bits per heavy atom. The lowest BCUT2D eigenvalue weighted by molar-refractivity contribution is -0.139. The SMILES string of the molecule is O=C(N[C@@H](Cc1ccc(OCc2ccccc2)cc1)C(=O)O)c1ccc(OCc2cccc(OCc3ccccc3)c2)cc1. The molecule has 0 aliphatic carbocycles. The topological polar surface area (TPSA) is 94.1 Å². The van der Waals surface area contributed by atoms with Gasteiger partial charge in [0.2, 0.25) is 0 Å². The molecular formula is C37H33NO6. The van der Waals surface area contributed by atoms with Crippen LogP contribution in [-0.2, 0) is 31.0 Å². The molecule has 0 saturated heterocycles. The molecule has 1 amide bonds. The average molecular weight is 588 g/mol. The second-order valence-electron chi connectivity index (χ2n) is 10.2. The molecule has 0 saturated carbocycles. The largest absolute Gasteiger partial charge is 0.489 e. The average Bonchev–Trinajstić information content (AvgIpc) is 3.07. The Hall–Kier alpha value is -5.56. The van der Waals surface area contributed by atoms with E-state index in [1.165, 1.54) is 0 Å². The van der Waals surface area contributed by atoms with Gasteiger partial charge in [-0.25, -0.2) is 4.79 Å². The van der Waals surface area contributed by atoms with Gasteiger partial charge in [-0.2, -0.15) is 0 Å². The third-order valence-corrected chi connectivity index (χ3v) is 6.88. The van der Waals surface area contributed by atoms with Crippen LogP contribution in [0, 0.1) is 0 Å². The maximum Gasteiger partial charge on any atom is 0.326 e. The first kappa shape index (κ1) is 29.9. The van der Waals surface area contributed by atoms with E-state index >= 15 is 0 Å². The zero-order chi connectivity index (χ0) is 30.6. The molecular weight excluding hydrogens is 554 g/mol. The van der Waals surface area contributed by atoms with E-state index in [0.717, 1.165) is 28.0 Å². The minimum Gasteiger partial charge on any atom is -0.489 e. The Labute approximate surface area is 256 Å². The zero-order valence-corrected chi connectivity index (χ0v) is 24.1. The summed E-state index contributed by atoms with van der Waals surface area (Å²) in [4.78, 5) is 24.8. The molecule has 0 heterocycles. The van der Waals surface area contributed by atoms with E-state index in [2.05, 4.69) is 5.32 Å². The maximum absolute atomic E-state index is 12.9. The fourth-order valence-corrected chi connectivity index (χ4v) is 4.48. The van der Waals surface area contributed by atoms with Gasteiger partial charge in [-0.15, -0.1) is 0 Å². The summed E-state index contributed by atoms with van der Waals surface area (Å²) in [5.74, 6) is 0.427. The Morgan fingerprint density at radius 2 is 1.05 bits per heavy atom. The van der Waals surface area contributed by atoms with Crippen molar-refractivity contribution in [2.75, 3.05) is 0 Å². The van der Waals surface area contributed by atoms with E-state index in [9.17, 15) is 14.7 Å². The highest BCUT2D eigenvalue weighted by Gasteiger charge is 2.21. The van der Waals surface area contributed by atoms with Gasteiger partial charge in [0, 0.05) is 12.0 Å². The van der Waals surface area contributed by atoms with E-state index in [1.54, 1.807) is 48.5 Å². The van der Waals surface area contributed by atoms with Gasteiger partial charge < -0.3 is 24.6 Å². The summed E-state index contributed by atoms with van der Waals surface area (Å²) in [6, 6.07) is 40.2. The van der Waals surface area contributed by atoms with Crippen molar-refractivity contribution in [3.05, 3.63) is 161 Å². The molecule has 7 heteroatoms. The van der Waals surface area contributed by atoms with Crippen molar-refractivity contribution in [2.24, 2.45) is 0 Å². The quantitative estimate of drug-likeness (QED) is 0.148. The number of aliphatic carboxylic acids is 1. The lowest BCUT2D eigenvalue weighted by Crippen LogP contribution is -2.42. The Bertz CT molecular complexity index is 1640. The lowest BCUT2D eigenvalue weighted by atomic mass is 10.1. The molecule has 0 radical (unpaired) electrons. The lowest BCUT2D eigenvalue weighted by Gasteiger charge is -2.15. The molecule has 5 rings (SSSR count). The van der Waals surface area contributed by atoms with Crippen molar-refractivity contribution in [1.29, 1.82) is 0 Å². The van der Waals surface area contributed by atoms with Crippen LogP contribution in [0.25, 0.3) is 0 Å². The van der Waals surface area contributed by atoms with Crippen LogP contribution in [0.2, 0.25) is 0 Å². The Morgan fingerprint density at radius 3 is 1.61 bits per heavy atom. The second-order valence-corrected chi connectivity index (χ2v) is 10.2. The van der Waals surface area contributed by atoms with Gasteiger partial charge in [-0.05, 0) is 70.8 Å². The smallest absolute Gasteiger partial charge is 0.326 e. The number of carboxylic acid groups (broad SMARTS) is 1. The van der Waals surface area contributed by atoms with Gasteiger partial charge in [-0.3, -0.25) is 4.79 Å². The van der Waals surface area contributed by atoms with E-state index < -0.39 is 17.9 Å². The Kier molecular flexibility index (Phi) is 10.2. The molecule has 1 atom stereocenters. The molecule has 5 aromatic rings. The molecule has 0 aromatic heterocycles. The normalized spacial score (nSPS) is 11.3. The summed E-state index contributed by atoms with van der Waals surface area (Å²) in [5.41, 5.74) is 4.19. The number of nitrogens with one attached hydrogen (secondary N) is 1. The summed E-state index contributed by atoms with van der Waals surface area (Å²) in [6.07, 6.45) is 0.134. The van der Waals surface area contributed by atoms with Crippen LogP contribution in [0.4, 0.5) is 0 Å². The van der Waals surface area contributed by atoms with E-state index in [4.69, 9.17) is 14.2 Å². The predicted octanol–water partition coefficient (Wildman–Crippen LogP) is 6.85. The van der Waals surface area contributed by atoms with Crippen molar-refractivity contribution in [1.82, 2.24) is 5.32 Å². The third kappa shape index (κ3) is 8.97. The van der Waals surface area contributed by atoms with Crippen LogP contribution in [0.5, 0.6) is 17.2 Å². The van der Waals surface area contributed by atoms with Gasteiger partial charge in [-0.1, -0.05) is 84.9 Å². The molecule has 2 N–H and O–H groups in total. The summed E-state index contributed by atoms with van der Waals surface area (Å²) < 4.78 is 17.6. The molecule has 7 nitrogen and oxygen atoms in total. The van der Waals surface area contributed by atoms with Crippen molar-refractivity contribution < 1.29 is 28.9 Å². The molecule has 5 aromatic carbocycles. The molecule has 0 aliphatic rings. The van der Waals surface area contributed by atoms with Gasteiger partial charge in [0.15, 0.2) is 0 Å². The van der Waals surface area contributed by atoms with Crippen molar-refractivity contribution >= 4 is 11.9 Å². The molecule has 0 fully saturated rings.